The topological polar surface area (TPSA) is 53.0 Å². The highest BCUT2D eigenvalue weighted by Crippen LogP contribution is 2.23. The molecule has 0 amide bonds. The van der Waals surface area contributed by atoms with E-state index in [1.807, 2.05) is 11.9 Å². The number of carboxylic acids is 1. The zero-order chi connectivity index (χ0) is 17.7. The normalized spacial score (nSPS) is 17.2. The summed E-state index contributed by atoms with van der Waals surface area (Å²) in [5.41, 5.74) is 0.918. The molecule has 24 heavy (non-hydrogen) atoms. The smallest absolute Gasteiger partial charge is 0.480 e. The predicted octanol–water partition coefficient (Wildman–Crippen LogP) is 2.57. The van der Waals surface area contributed by atoms with Crippen LogP contribution < -0.4 is 4.74 Å². The number of ether oxygens (including phenoxy) is 1. The summed E-state index contributed by atoms with van der Waals surface area (Å²) in [5, 5.41) is 8.82. The fourth-order valence-corrected chi connectivity index (χ4v) is 2.92. The van der Waals surface area contributed by atoms with E-state index in [9.17, 15) is 18.0 Å². The molecule has 5 nitrogen and oxygen atoms in total. The standard InChI is InChI=1S/C16H21F3N2O3/c1-20(11-15(22)23)13-6-8-21(9-7-13)10-12-2-4-14(5-3-12)24-16(17,18)19/h2-5,13H,6-11H2,1H3,(H,22,23). The minimum atomic E-state index is -4.68. The molecular formula is C16H21F3N2O3. The molecule has 0 aromatic heterocycles. The Bertz CT molecular complexity index is 540. The summed E-state index contributed by atoms with van der Waals surface area (Å²) in [6.45, 7) is 2.35. The Morgan fingerprint density at radius 1 is 1.29 bits per heavy atom. The minimum absolute atomic E-state index is 0.0331. The maximum Gasteiger partial charge on any atom is 0.573 e. The lowest BCUT2D eigenvalue weighted by atomic mass is 10.0. The van der Waals surface area contributed by atoms with Crippen molar-refractivity contribution in [3.63, 3.8) is 0 Å². The molecule has 1 fully saturated rings. The van der Waals surface area contributed by atoms with Gasteiger partial charge in [0.1, 0.15) is 5.75 Å². The molecule has 0 saturated carbocycles. The zero-order valence-electron chi connectivity index (χ0n) is 13.4. The Kier molecular flexibility index (Phi) is 6.06. The van der Waals surface area contributed by atoms with Crippen LogP contribution in [0, 0.1) is 0 Å². The van der Waals surface area contributed by atoms with E-state index in [4.69, 9.17) is 5.11 Å². The van der Waals surface area contributed by atoms with Gasteiger partial charge in [0.15, 0.2) is 0 Å². The number of halogens is 3. The number of hydrogen-bond donors (Lipinski definition) is 1. The summed E-state index contributed by atoms with van der Waals surface area (Å²) in [6.07, 6.45) is -2.93. The number of hydrogen-bond acceptors (Lipinski definition) is 4. The first-order chi connectivity index (χ1) is 11.2. The van der Waals surface area contributed by atoms with Crippen LogP contribution in [0.15, 0.2) is 24.3 Å². The highest BCUT2D eigenvalue weighted by molar-refractivity contribution is 5.69. The van der Waals surface area contributed by atoms with Crippen LogP contribution in [-0.2, 0) is 11.3 Å². The molecular weight excluding hydrogens is 325 g/mol. The van der Waals surface area contributed by atoms with E-state index < -0.39 is 12.3 Å². The highest BCUT2D eigenvalue weighted by Gasteiger charge is 2.31. The molecule has 1 saturated heterocycles. The van der Waals surface area contributed by atoms with Crippen molar-refractivity contribution in [3.05, 3.63) is 29.8 Å². The fourth-order valence-electron chi connectivity index (χ4n) is 2.92. The van der Waals surface area contributed by atoms with Gasteiger partial charge in [0, 0.05) is 12.6 Å². The summed E-state index contributed by atoms with van der Waals surface area (Å²) in [5.74, 6) is -1.05. The van der Waals surface area contributed by atoms with Crippen LogP contribution in [0.2, 0.25) is 0 Å². The molecule has 0 aliphatic carbocycles. The van der Waals surface area contributed by atoms with Crippen LogP contribution in [0.5, 0.6) is 5.75 Å². The number of alkyl halides is 3. The van der Waals surface area contributed by atoms with E-state index in [0.717, 1.165) is 31.5 Å². The van der Waals surface area contributed by atoms with Gasteiger partial charge in [-0.25, -0.2) is 0 Å². The van der Waals surface area contributed by atoms with Gasteiger partial charge >= 0.3 is 12.3 Å². The Morgan fingerprint density at radius 3 is 2.38 bits per heavy atom. The molecule has 8 heteroatoms. The molecule has 0 atom stereocenters. The molecule has 1 aliphatic heterocycles. The number of rotatable bonds is 6. The quantitative estimate of drug-likeness (QED) is 0.858. The fraction of sp³-hybridized carbons (Fsp3) is 0.562. The van der Waals surface area contributed by atoms with Gasteiger partial charge in [0.25, 0.3) is 0 Å². The van der Waals surface area contributed by atoms with Crippen molar-refractivity contribution < 1.29 is 27.8 Å². The summed E-state index contributed by atoms with van der Waals surface area (Å²) in [7, 11) is 1.81. The predicted molar refractivity (Wildman–Crippen MR) is 81.7 cm³/mol. The van der Waals surface area contributed by atoms with E-state index in [1.54, 1.807) is 12.1 Å². The second kappa shape index (κ2) is 7.85. The van der Waals surface area contributed by atoms with E-state index in [-0.39, 0.29) is 18.3 Å². The van der Waals surface area contributed by atoms with E-state index in [0.29, 0.717) is 6.54 Å². The Hall–Kier alpha value is -1.80. The van der Waals surface area contributed by atoms with Crippen molar-refractivity contribution in [3.8, 4) is 5.75 Å². The second-order valence-corrected chi connectivity index (χ2v) is 6.01. The number of nitrogens with zero attached hydrogens (tertiary/aromatic N) is 2. The van der Waals surface area contributed by atoms with Gasteiger partial charge in [0.05, 0.1) is 6.54 Å². The third kappa shape index (κ3) is 6.01. The Labute approximate surface area is 138 Å². The average Bonchev–Trinajstić information content (AvgIpc) is 2.48. The van der Waals surface area contributed by atoms with E-state index in [1.165, 1.54) is 12.1 Å². The summed E-state index contributed by atoms with van der Waals surface area (Å²) in [6, 6.07) is 6.14. The van der Waals surface area contributed by atoms with Crippen molar-refractivity contribution in [2.45, 2.75) is 31.8 Å². The lowest BCUT2D eigenvalue weighted by molar-refractivity contribution is -0.274. The number of piperidine rings is 1. The highest BCUT2D eigenvalue weighted by atomic mass is 19.4. The number of carboxylic acid groups (broad SMARTS) is 1. The maximum atomic E-state index is 12.1. The molecule has 1 aromatic carbocycles. The molecule has 0 unspecified atom stereocenters. The van der Waals surface area contributed by atoms with Crippen molar-refractivity contribution in [1.82, 2.24) is 9.80 Å². The van der Waals surface area contributed by atoms with Crippen LogP contribution in [0.3, 0.4) is 0 Å². The van der Waals surface area contributed by atoms with Crippen molar-refractivity contribution >= 4 is 5.97 Å². The molecule has 0 spiro atoms. The van der Waals surface area contributed by atoms with Crippen LogP contribution in [0.4, 0.5) is 13.2 Å². The molecule has 134 valence electrons. The summed E-state index contributed by atoms with van der Waals surface area (Å²) < 4.78 is 40.2. The van der Waals surface area contributed by atoms with Crippen LogP contribution >= 0.6 is 0 Å². The van der Waals surface area contributed by atoms with Gasteiger partial charge in [-0.1, -0.05) is 12.1 Å². The lowest BCUT2D eigenvalue weighted by Gasteiger charge is -2.36. The van der Waals surface area contributed by atoms with Gasteiger partial charge in [0.2, 0.25) is 0 Å². The number of benzene rings is 1. The van der Waals surface area contributed by atoms with Gasteiger partial charge in [-0.3, -0.25) is 14.6 Å². The lowest BCUT2D eigenvalue weighted by Crippen LogP contribution is -2.44. The largest absolute Gasteiger partial charge is 0.573 e. The van der Waals surface area contributed by atoms with Crippen LogP contribution in [0.1, 0.15) is 18.4 Å². The molecule has 0 bridgehead atoms. The maximum absolute atomic E-state index is 12.1. The molecule has 1 aliphatic rings. The first-order valence-electron chi connectivity index (χ1n) is 7.72. The third-order valence-electron chi connectivity index (χ3n) is 4.13. The zero-order valence-corrected chi connectivity index (χ0v) is 13.4. The second-order valence-electron chi connectivity index (χ2n) is 6.01. The third-order valence-corrected chi connectivity index (χ3v) is 4.13. The Balaban J connectivity index is 1.80. The number of likely N-dealkylation sites (tertiary alicyclic amines) is 1. The van der Waals surface area contributed by atoms with Crippen LogP contribution in [0.25, 0.3) is 0 Å². The number of carbonyl (C=O) groups is 1. The van der Waals surface area contributed by atoms with Crippen LogP contribution in [-0.4, -0.2) is 60.0 Å². The molecule has 1 heterocycles. The van der Waals surface area contributed by atoms with Gasteiger partial charge < -0.3 is 9.84 Å². The van der Waals surface area contributed by atoms with E-state index >= 15 is 0 Å². The monoisotopic (exact) mass is 346 g/mol. The molecule has 1 N–H and O–H groups in total. The van der Waals surface area contributed by atoms with E-state index in [2.05, 4.69) is 9.64 Å². The number of likely N-dealkylation sites (N-methyl/N-ethyl adjacent to an activating group) is 1. The minimum Gasteiger partial charge on any atom is -0.480 e. The van der Waals surface area contributed by atoms with Crippen molar-refractivity contribution in [1.29, 1.82) is 0 Å². The average molecular weight is 346 g/mol. The SMILES string of the molecule is CN(CC(=O)O)C1CCN(Cc2ccc(OC(F)(F)F)cc2)CC1. The molecule has 0 radical (unpaired) electrons. The molecule has 2 rings (SSSR count). The first kappa shape index (κ1) is 18.5. The molecule has 1 aromatic rings. The number of aliphatic carboxylic acids is 1. The summed E-state index contributed by atoms with van der Waals surface area (Å²) >= 11 is 0. The summed E-state index contributed by atoms with van der Waals surface area (Å²) in [4.78, 5) is 14.8. The van der Waals surface area contributed by atoms with Crippen molar-refractivity contribution in [2.24, 2.45) is 0 Å². The van der Waals surface area contributed by atoms with Gasteiger partial charge in [-0.2, -0.15) is 0 Å². The van der Waals surface area contributed by atoms with Crippen molar-refractivity contribution in [2.75, 3.05) is 26.7 Å². The Morgan fingerprint density at radius 2 is 1.88 bits per heavy atom. The van der Waals surface area contributed by atoms with Gasteiger partial charge in [-0.15, -0.1) is 13.2 Å². The first-order valence-corrected chi connectivity index (χ1v) is 7.72. The van der Waals surface area contributed by atoms with Gasteiger partial charge in [-0.05, 0) is 50.7 Å².